The standard InChI is InChI=1S/C16H15N3O3/c1-17-15(20)14-10-19(12-7-2-3-8-13(12)22-14)16(21)11-6-4-5-9-18-11/h2-9,14H,10H2,1H3,(H,17,20). The van der Waals surface area contributed by atoms with Crippen LogP contribution in [0.4, 0.5) is 5.69 Å². The number of aromatic nitrogens is 1. The van der Waals surface area contributed by atoms with Crippen LogP contribution in [0.1, 0.15) is 10.5 Å². The van der Waals surface area contributed by atoms with Crippen molar-refractivity contribution in [3.63, 3.8) is 0 Å². The Morgan fingerprint density at radius 1 is 1.23 bits per heavy atom. The lowest BCUT2D eigenvalue weighted by Crippen LogP contribution is -2.50. The molecule has 0 spiro atoms. The van der Waals surface area contributed by atoms with Gasteiger partial charge in [0.1, 0.15) is 11.4 Å². The second-order valence-corrected chi connectivity index (χ2v) is 4.82. The highest BCUT2D eigenvalue weighted by Crippen LogP contribution is 2.33. The van der Waals surface area contributed by atoms with Gasteiger partial charge in [-0.1, -0.05) is 18.2 Å². The molecule has 6 heteroatoms. The van der Waals surface area contributed by atoms with Gasteiger partial charge >= 0.3 is 0 Å². The Kier molecular flexibility index (Phi) is 3.74. The monoisotopic (exact) mass is 297 g/mol. The third-order valence-electron chi connectivity index (χ3n) is 3.44. The third-order valence-corrected chi connectivity index (χ3v) is 3.44. The summed E-state index contributed by atoms with van der Waals surface area (Å²) >= 11 is 0. The number of rotatable bonds is 2. The van der Waals surface area contributed by atoms with E-state index in [-0.39, 0.29) is 18.4 Å². The van der Waals surface area contributed by atoms with Crippen molar-refractivity contribution >= 4 is 17.5 Å². The minimum atomic E-state index is -0.743. The number of carbonyl (C=O) groups excluding carboxylic acids is 2. The fraction of sp³-hybridized carbons (Fsp3) is 0.188. The molecule has 112 valence electrons. The van der Waals surface area contributed by atoms with Crippen LogP contribution in [-0.4, -0.2) is 36.5 Å². The normalized spacial score (nSPS) is 16.4. The molecule has 22 heavy (non-hydrogen) atoms. The van der Waals surface area contributed by atoms with E-state index in [4.69, 9.17) is 4.74 Å². The van der Waals surface area contributed by atoms with Gasteiger partial charge in [0.15, 0.2) is 6.10 Å². The topological polar surface area (TPSA) is 71.5 Å². The minimum absolute atomic E-state index is 0.145. The van der Waals surface area contributed by atoms with E-state index in [0.29, 0.717) is 17.1 Å². The number of benzene rings is 1. The van der Waals surface area contributed by atoms with Gasteiger partial charge in [-0.15, -0.1) is 0 Å². The molecule has 1 aromatic heterocycles. The zero-order valence-electron chi connectivity index (χ0n) is 12.0. The first-order valence-corrected chi connectivity index (χ1v) is 6.91. The molecular weight excluding hydrogens is 282 g/mol. The van der Waals surface area contributed by atoms with Crippen LogP contribution in [0.15, 0.2) is 48.7 Å². The lowest BCUT2D eigenvalue weighted by atomic mass is 10.1. The van der Waals surface area contributed by atoms with Crippen LogP contribution in [0.25, 0.3) is 0 Å². The number of hydrogen-bond donors (Lipinski definition) is 1. The number of nitrogens with zero attached hydrogens (tertiary/aromatic N) is 2. The van der Waals surface area contributed by atoms with Crippen LogP contribution in [-0.2, 0) is 4.79 Å². The summed E-state index contributed by atoms with van der Waals surface area (Å²) in [4.78, 5) is 30.2. The summed E-state index contributed by atoms with van der Waals surface area (Å²) < 4.78 is 5.67. The number of carbonyl (C=O) groups is 2. The Morgan fingerprint density at radius 2 is 2.00 bits per heavy atom. The zero-order valence-corrected chi connectivity index (χ0v) is 12.0. The van der Waals surface area contributed by atoms with E-state index in [1.165, 1.54) is 11.9 Å². The molecule has 3 rings (SSSR count). The number of likely N-dealkylation sites (N-methyl/N-ethyl adjacent to an activating group) is 1. The molecule has 1 atom stereocenters. The Morgan fingerprint density at radius 3 is 2.73 bits per heavy atom. The van der Waals surface area contributed by atoms with Crippen LogP contribution in [0.5, 0.6) is 5.75 Å². The number of pyridine rings is 1. The lowest BCUT2D eigenvalue weighted by Gasteiger charge is -2.33. The molecule has 1 unspecified atom stereocenters. The fourth-order valence-corrected chi connectivity index (χ4v) is 2.35. The SMILES string of the molecule is CNC(=O)C1CN(C(=O)c2ccccn2)c2ccccc2O1. The van der Waals surface area contributed by atoms with Crippen LogP contribution in [0.2, 0.25) is 0 Å². The maximum atomic E-state index is 12.7. The van der Waals surface area contributed by atoms with Crippen molar-refractivity contribution < 1.29 is 14.3 Å². The molecule has 1 aromatic carbocycles. The summed E-state index contributed by atoms with van der Waals surface area (Å²) in [6.45, 7) is 0.145. The molecule has 1 N–H and O–H groups in total. The maximum absolute atomic E-state index is 12.7. The third kappa shape index (κ3) is 2.50. The van der Waals surface area contributed by atoms with Gasteiger partial charge in [0.2, 0.25) is 0 Å². The number of amides is 2. The largest absolute Gasteiger partial charge is 0.477 e. The van der Waals surface area contributed by atoms with Crippen molar-refractivity contribution in [3.05, 3.63) is 54.4 Å². The molecule has 0 aliphatic carbocycles. The van der Waals surface area contributed by atoms with Crippen molar-refractivity contribution in [2.24, 2.45) is 0 Å². The quantitative estimate of drug-likeness (QED) is 0.905. The molecule has 2 heterocycles. The van der Waals surface area contributed by atoms with Crippen LogP contribution in [0, 0.1) is 0 Å². The second kappa shape index (κ2) is 5.85. The van der Waals surface area contributed by atoms with Crippen LogP contribution in [0.3, 0.4) is 0 Å². The highest BCUT2D eigenvalue weighted by atomic mass is 16.5. The highest BCUT2D eigenvalue weighted by molar-refractivity contribution is 6.06. The van der Waals surface area contributed by atoms with Crippen LogP contribution < -0.4 is 15.0 Å². The molecule has 2 aromatic rings. The Bertz CT molecular complexity index is 703. The van der Waals surface area contributed by atoms with Gasteiger partial charge in [-0.3, -0.25) is 19.5 Å². The van der Waals surface area contributed by atoms with Crippen molar-refractivity contribution in [1.29, 1.82) is 0 Å². The number of nitrogens with one attached hydrogen (secondary N) is 1. The average molecular weight is 297 g/mol. The minimum Gasteiger partial charge on any atom is -0.477 e. The van der Waals surface area contributed by atoms with Gasteiger partial charge in [0, 0.05) is 13.2 Å². The van der Waals surface area contributed by atoms with Gasteiger partial charge < -0.3 is 10.1 Å². The molecule has 0 saturated carbocycles. The predicted octanol–water partition coefficient (Wildman–Crippen LogP) is 1.24. The van der Waals surface area contributed by atoms with Gasteiger partial charge in [-0.25, -0.2) is 0 Å². The number of fused-ring (bicyclic) bond motifs is 1. The number of ether oxygens (including phenoxy) is 1. The van der Waals surface area contributed by atoms with E-state index in [1.807, 2.05) is 6.07 Å². The van der Waals surface area contributed by atoms with E-state index >= 15 is 0 Å². The summed E-state index contributed by atoms with van der Waals surface area (Å²) in [6.07, 6.45) is 0.822. The number of anilines is 1. The molecule has 6 nitrogen and oxygen atoms in total. The van der Waals surface area contributed by atoms with Crippen molar-refractivity contribution in [1.82, 2.24) is 10.3 Å². The van der Waals surface area contributed by atoms with E-state index in [9.17, 15) is 9.59 Å². The molecule has 0 bridgehead atoms. The first kappa shape index (κ1) is 14.1. The molecule has 1 aliphatic heterocycles. The van der Waals surface area contributed by atoms with E-state index in [1.54, 1.807) is 42.6 Å². The van der Waals surface area contributed by atoms with E-state index in [0.717, 1.165) is 0 Å². The molecule has 0 saturated heterocycles. The van der Waals surface area contributed by atoms with E-state index in [2.05, 4.69) is 10.3 Å². The molecular formula is C16H15N3O3. The summed E-state index contributed by atoms with van der Waals surface area (Å²) in [5.41, 5.74) is 0.966. The van der Waals surface area contributed by atoms with Gasteiger partial charge in [0.25, 0.3) is 11.8 Å². The molecule has 2 amide bonds. The average Bonchev–Trinajstić information content (AvgIpc) is 2.60. The van der Waals surface area contributed by atoms with Gasteiger partial charge in [-0.2, -0.15) is 0 Å². The number of hydrogen-bond acceptors (Lipinski definition) is 4. The Labute approximate surface area is 127 Å². The van der Waals surface area contributed by atoms with E-state index < -0.39 is 6.10 Å². The maximum Gasteiger partial charge on any atom is 0.277 e. The lowest BCUT2D eigenvalue weighted by molar-refractivity contribution is -0.127. The Hall–Kier alpha value is -2.89. The summed E-state index contributed by atoms with van der Waals surface area (Å²) in [7, 11) is 1.54. The summed E-state index contributed by atoms with van der Waals surface area (Å²) in [5.74, 6) is -0.0230. The highest BCUT2D eigenvalue weighted by Gasteiger charge is 2.34. The smallest absolute Gasteiger partial charge is 0.277 e. The van der Waals surface area contributed by atoms with Crippen molar-refractivity contribution in [2.75, 3.05) is 18.5 Å². The molecule has 0 fully saturated rings. The first-order valence-electron chi connectivity index (χ1n) is 6.91. The molecule has 0 radical (unpaired) electrons. The first-order chi connectivity index (χ1) is 10.7. The van der Waals surface area contributed by atoms with Crippen molar-refractivity contribution in [3.8, 4) is 5.75 Å². The Balaban J connectivity index is 1.98. The predicted molar refractivity (Wildman–Crippen MR) is 80.8 cm³/mol. The summed E-state index contributed by atoms with van der Waals surface area (Å²) in [6, 6.07) is 12.3. The zero-order chi connectivity index (χ0) is 15.5. The van der Waals surface area contributed by atoms with Crippen LogP contribution >= 0.6 is 0 Å². The van der Waals surface area contributed by atoms with Crippen molar-refractivity contribution in [2.45, 2.75) is 6.10 Å². The summed E-state index contributed by atoms with van der Waals surface area (Å²) in [5, 5.41) is 2.55. The fourth-order valence-electron chi connectivity index (χ4n) is 2.35. The molecule has 1 aliphatic rings. The van der Waals surface area contributed by atoms with Gasteiger partial charge in [-0.05, 0) is 24.3 Å². The number of para-hydroxylation sites is 2. The van der Waals surface area contributed by atoms with Gasteiger partial charge in [0.05, 0.1) is 12.2 Å². The second-order valence-electron chi connectivity index (χ2n) is 4.82.